The lowest BCUT2D eigenvalue weighted by Gasteiger charge is -2.12. The molecule has 1 amide bonds. The van der Waals surface area contributed by atoms with E-state index in [1.165, 1.54) is 23.0 Å². The molecule has 0 bridgehead atoms. The first-order valence-electron chi connectivity index (χ1n) is 7.13. The first-order valence-corrected chi connectivity index (χ1v) is 8.01. The Morgan fingerprint density at radius 3 is 3.05 bits per heavy atom. The third kappa shape index (κ3) is 2.71. The summed E-state index contributed by atoms with van der Waals surface area (Å²) < 4.78 is 8.29. The van der Waals surface area contributed by atoms with Crippen LogP contribution < -0.4 is 16.6 Å². The van der Waals surface area contributed by atoms with Crippen molar-refractivity contribution in [2.75, 3.05) is 13.2 Å². The Morgan fingerprint density at radius 2 is 2.32 bits per heavy atom. The average Bonchev–Trinajstić information content (AvgIpc) is 3.18. The molecular formula is C14H17N3O4S. The molecule has 0 radical (unpaired) electrons. The second kappa shape index (κ2) is 6.05. The monoisotopic (exact) mass is 323 g/mol. The maximum atomic E-state index is 12.2. The van der Waals surface area contributed by atoms with E-state index < -0.39 is 5.69 Å². The Labute approximate surface area is 130 Å². The van der Waals surface area contributed by atoms with Crippen LogP contribution in [0.25, 0.3) is 10.2 Å². The summed E-state index contributed by atoms with van der Waals surface area (Å²) >= 11 is 1.27. The second-order valence-electron chi connectivity index (χ2n) is 5.31. The summed E-state index contributed by atoms with van der Waals surface area (Å²) in [6, 6.07) is 1.69. The van der Waals surface area contributed by atoms with Gasteiger partial charge in [0.15, 0.2) is 0 Å². The van der Waals surface area contributed by atoms with Gasteiger partial charge in [0, 0.05) is 20.2 Å². The molecule has 2 aromatic heterocycles. The van der Waals surface area contributed by atoms with Crippen molar-refractivity contribution in [2.45, 2.75) is 25.5 Å². The molecule has 0 unspecified atom stereocenters. The normalized spacial score (nSPS) is 18.0. The zero-order valence-electron chi connectivity index (χ0n) is 12.2. The Morgan fingerprint density at radius 1 is 1.50 bits per heavy atom. The van der Waals surface area contributed by atoms with E-state index in [-0.39, 0.29) is 24.1 Å². The number of carbonyl (C=O) groups is 1. The number of ether oxygens (including phenoxy) is 1. The van der Waals surface area contributed by atoms with Crippen LogP contribution in [0.1, 0.15) is 12.8 Å². The number of hydrogen-bond donors (Lipinski definition) is 1. The summed E-state index contributed by atoms with van der Waals surface area (Å²) in [6.07, 6.45) is 2.01. The minimum atomic E-state index is -0.483. The van der Waals surface area contributed by atoms with E-state index in [4.69, 9.17) is 4.74 Å². The Hall–Kier alpha value is -1.93. The smallest absolute Gasteiger partial charge is 0.331 e. The molecule has 0 saturated carbocycles. The molecule has 7 nitrogen and oxygen atoms in total. The molecule has 1 N–H and O–H groups in total. The van der Waals surface area contributed by atoms with Gasteiger partial charge in [0.1, 0.15) is 11.2 Å². The van der Waals surface area contributed by atoms with Crippen LogP contribution in [0.3, 0.4) is 0 Å². The van der Waals surface area contributed by atoms with Crippen molar-refractivity contribution >= 4 is 27.5 Å². The fraction of sp³-hybridized carbons (Fsp3) is 0.500. The summed E-state index contributed by atoms with van der Waals surface area (Å²) in [6.45, 7) is 1.08. The van der Waals surface area contributed by atoms with Gasteiger partial charge in [-0.1, -0.05) is 0 Å². The number of nitrogens with zero attached hydrogens (tertiary/aromatic N) is 2. The van der Waals surface area contributed by atoms with Crippen LogP contribution in [0.2, 0.25) is 0 Å². The molecule has 1 aliphatic heterocycles. The largest absolute Gasteiger partial charge is 0.376 e. The molecule has 1 saturated heterocycles. The highest BCUT2D eigenvalue weighted by atomic mass is 32.1. The van der Waals surface area contributed by atoms with Crippen LogP contribution in [0.15, 0.2) is 21.0 Å². The Bertz CT molecular complexity index is 814. The van der Waals surface area contributed by atoms with Gasteiger partial charge >= 0.3 is 5.69 Å². The van der Waals surface area contributed by atoms with Crippen molar-refractivity contribution in [2.24, 2.45) is 7.05 Å². The van der Waals surface area contributed by atoms with Gasteiger partial charge < -0.3 is 10.1 Å². The van der Waals surface area contributed by atoms with Crippen LogP contribution in [0.5, 0.6) is 0 Å². The first kappa shape index (κ1) is 15.0. The fourth-order valence-corrected chi connectivity index (χ4v) is 3.45. The molecule has 1 atom stereocenters. The van der Waals surface area contributed by atoms with Crippen LogP contribution in [-0.2, 0) is 23.1 Å². The molecule has 8 heteroatoms. The zero-order chi connectivity index (χ0) is 15.7. The maximum absolute atomic E-state index is 12.2. The minimum Gasteiger partial charge on any atom is -0.376 e. The standard InChI is InChI=1S/C14H17N3O4S/c1-16-13(19)12-10(4-6-22-12)17(14(16)20)8-11(18)15-7-9-3-2-5-21-9/h4,6,9H,2-3,5,7-8H2,1H3,(H,15,18)/t9-/m1/s1. The molecule has 22 heavy (non-hydrogen) atoms. The molecular weight excluding hydrogens is 306 g/mol. The number of carbonyl (C=O) groups excluding carboxylic acids is 1. The fourth-order valence-electron chi connectivity index (χ4n) is 2.58. The molecule has 0 aliphatic carbocycles. The van der Waals surface area contributed by atoms with Crippen LogP contribution in [-0.4, -0.2) is 34.3 Å². The summed E-state index contributed by atoms with van der Waals surface area (Å²) in [4.78, 5) is 36.3. The van der Waals surface area contributed by atoms with Crippen molar-refractivity contribution < 1.29 is 9.53 Å². The van der Waals surface area contributed by atoms with Crippen LogP contribution in [0, 0.1) is 0 Å². The lowest BCUT2D eigenvalue weighted by atomic mass is 10.2. The lowest BCUT2D eigenvalue weighted by molar-refractivity contribution is -0.122. The third-order valence-corrected chi connectivity index (χ3v) is 4.70. The second-order valence-corrected chi connectivity index (χ2v) is 6.22. The number of hydrogen-bond acceptors (Lipinski definition) is 5. The van der Waals surface area contributed by atoms with Crippen molar-refractivity contribution in [3.05, 3.63) is 32.3 Å². The van der Waals surface area contributed by atoms with E-state index in [1.54, 1.807) is 11.4 Å². The van der Waals surface area contributed by atoms with Gasteiger partial charge in [-0.2, -0.15) is 0 Å². The van der Waals surface area contributed by atoms with E-state index in [9.17, 15) is 14.4 Å². The highest BCUT2D eigenvalue weighted by Gasteiger charge is 2.18. The Kier molecular flexibility index (Phi) is 4.12. The maximum Gasteiger partial charge on any atom is 0.331 e. The highest BCUT2D eigenvalue weighted by molar-refractivity contribution is 7.17. The van der Waals surface area contributed by atoms with Gasteiger partial charge in [0.05, 0.1) is 11.6 Å². The SMILES string of the molecule is Cn1c(=O)c2sccc2n(CC(=O)NC[C@H]2CCCO2)c1=O. The molecule has 2 aromatic rings. The number of thiophene rings is 1. The van der Waals surface area contributed by atoms with Gasteiger partial charge in [-0.25, -0.2) is 4.79 Å². The number of rotatable bonds is 4. The van der Waals surface area contributed by atoms with E-state index in [2.05, 4.69) is 5.32 Å². The third-order valence-electron chi connectivity index (χ3n) is 3.80. The zero-order valence-corrected chi connectivity index (χ0v) is 13.0. The van der Waals surface area contributed by atoms with Gasteiger partial charge in [-0.05, 0) is 24.3 Å². The predicted octanol–water partition coefficient (Wildman–Crippen LogP) is 0.0569. The number of amides is 1. The topological polar surface area (TPSA) is 82.3 Å². The van der Waals surface area contributed by atoms with Crippen molar-refractivity contribution in [1.29, 1.82) is 0 Å². The van der Waals surface area contributed by atoms with Gasteiger partial charge in [0.25, 0.3) is 5.56 Å². The summed E-state index contributed by atoms with van der Waals surface area (Å²) in [5, 5.41) is 4.53. The van der Waals surface area contributed by atoms with Crippen LogP contribution >= 0.6 is 11.3 Å². The van der Waals surface area contributed by atoms with Crippen molar-refractivity contribution in [3.63, 3.8) is 0 Å². The lowest BCUT2D eigenvalue weighted by Crippen LogP contribution is -2.41. The minimum absolute atomic E-state index is 0.0574. The molecule has 3 rings (SSSR count). The summed E-state index contributed by atoms with van der Waals surface area (Å²) in [7, 11) is 1.42. The molecule has 118 valence electrons. The number of aromatic nitrogens is 2. The van der Waals surface area contributed by atoms with Crippen molar-refractivity contribution in [3.8, 4) is 0 Å². The van der Waals surface area contributed by atoms with Gasteiger partial charge in [0.2, 0.25) is 5.91 Å². The number of nitrogens with one attached hydrogen (secondary N) is 1. The molecule has 3 heterocycles. The van der Waals surface area contributed by atoms with Crippen molar-refractivity contribution in [1.82, 2.24) is 14.5 Å². The average molecular weight is 323 g/mol. The van der Waals surface area contributed by atoms with Gasteiger partial charge in [-0.15, -0.1) is 11.3 Å². The number of fused-ring (bicyclic) bond motifs is 1. The van der Waals surface area contributed by atoms with E-state index in [0.717, 1.165) is 24.0 Å². The summed E-state index contributed by atoms with van der Waals surface area (Å²) in [5.74, 6) is -0.260. The van der Waals surface area contributed by atoms with E-state index in [1.807, 2.05) is 0 Å². The molecule has 0 aromatic carbocycles. The molecule has 1 aliphatic rings. The quantitative estimate of drug-likeness (QED) is 0.862. The Balaban J connectivity index is 1.81. The molecule has 0 spiro atoms. The van der Waals surface area contributed by atoms with E-state index >= 15 is 0 Å². The van der Waals surface area contributed by atoms with E-state index in [0.29, 0.717) is 16.8 Å². The van der Waals surface area contributed by atoms with Gasteiger partial charge in [-0.3, -0.25) is 18.7 Å². The summed E-state index contributed by atoms with van der Waals surface area (Å²) in [5.41, 5.74) is -0.306. The first-order chi connectivity index (χ1) is 10.6. The van der Waals surface area contributed by atoms with Crippen LogP contribution in [0.4, 0.5) is 0 Å². The predicted molar refractivity (Wildman–Crippen MR) is 83.3 cm³/mol. The molecule has 1 fully saturated rings. The highest BCUT2D eigenvalue weighted by Crippen LogP contribution is 2.15.